The highest BCUT2D eigenvalue weighted by molar-refractivity contribution is 6.40. The number of fused-ring (bicyclic) bond motifs is 1. The number of hydrogen-bond acceptors (Lipinski definition) is 8. The van der Waals surface area contributed by atoms with E-state index in [2.05, 4.69) is 26.0 Å². The van der Waals surface area contributed by atoms with Crippen LogP contribution in [0.5, 0.6) is 5.75 Å². The van der Waals surface area contributed by atoms with E-state index in [1.807, 2.05) is 0 Å². The van der Waals surface area contributed by atoms with Crippen LogP contribution in [0.4, 0.5) is 0 Å². The summed E-state index contributed by atoms with van der Waals surface area (Å²) in [5.41, 5.74) is 2.14. The Hall–Kier alpha value is -3.29. The first-order valence-electron chi connectivity index (χ1n) is 11.8. The Kier molecular flexibility index (Phi) is 10.4. The smallest absolute Gasteiger partial charge is 0.347 e. The van der Waals surface area contributed by atoms with Crippen LogP contribution in [0.15, 0.2) is 35.4 Å². The second kappa shape index (κ2) is 13.5. The van der Waals surface area contributed by atoms with Gasteiger partial charge in [0, 0.05) is 26.2 Å². The van der Waals surface area contributed by atoms with E-state index in [1.165, 1.54) is 6.07 Å². The summed E-state index contributed by atoms with van der Waals surface area (Å²) in [5, 5.41) is 49.4. The van der Waals surface area contributed by atoms with E-state index in [4.69, 9.17) is 34.2 Å². The van der Waals surface area contributed by atoms with E-state index in [9.17, 15) is 24.9 Å². The summed E-state index contributed by atoms with van der Waals surface area (Å²) >= 11 is 13.0. The molecule has 0 spiro atoms. The third-order valence-corrected chi connectivity index (χ3v) is 6.74. The number of benzene rings is 2. The number of nitrogens with one attached hydrogen (secondary N) is 3. The highest BCUT2D eigenvalue weighted by Gasteiger charge is 2.28. The molecule has 1 heterocycles. The molecule has 1 aliphatic rings. The number of rotatable bonds is 10. The molecular formula is C24H30Cl2N6O6. The number of carboxylic acid groups (broad SMARTS) is 1. The molecule has 2 aromatic rings. The minimum Gasteiger partial charge on any atom is -0.508 e. The number of hydrogen-bond donors (Lipinski definition) is 8. The van der Waals surface area contributed by atoms with Gasteiger partial charge in [-0.2, -0.15) is 0 Å². The third kappa shape index (κ3) is 7.39. The van der Waals surface area contributed by atoms with Crippen LogP contribution in [-0.2, 0) is 17.8 Å². The maximum atomic E-state index is 13.0. The molecule has 2 unspecified atom stereocenters. The normalized spacial score (nSPS) is 15.3. The Morgan fingerprint density at radius 3 is 2.63 bits per heavy atom. The average Bonchev–Trinajstić information content (AvgIpc) is 2.88. The minimum absolute atomic E-state index is 0.0532. The van der Waals surface area contributed by atoms with Gasteiger partial charge in [-0.25, -0.2) is 4.79 Å². The van der Waals surface area contributed by atoms with Crippen LogP contribution in [-0.4, -0.2) is 75.6 Å². The number of phenols is 1. The molecule has 2 aromatic carbocycles. The molecule has 1 aliphatic heterocycles. The first-order chi connectivity index (χ1) is 18.1. The zero-order chi connectivity index (χ0) is 27.8. The van der Waals surface area contributed by atoms with Crippen LogP contribution in [0.3, 0.4) is 0 Å². The topological polar surface area (TPSA) is 193 Å². The molecule has 38 heavy (non-hydrogen) atoms. The summed E-state index contributed by atoms with van der Waals surface area (Å²) in [6, 6.07) is 8.13. The van der Waals surface area contributed by atoms with E-state index < -0.39 is 24.1 Å². The zero-order valence-corrected chi connectivity index (χ0v) is 21.8. The summed E-state index contributed by atoms with van der Waals surface area (Å²) in [6.07, 6.45) is -1.39. The highest BCUT2D eigenvalue weighted by Crippen LogP contribution is 2.35. The van der Waals surface area contributed by atoms with Crippen LogP contribution < -0.4 is 21.8 Å². The van der Waals surface area contributed by atoms with Gasteiger partial charge in [-0.15, -0.1) is 5.10 Å². The van der Waals surface area contributed by atoms with Crippen molar-refractivity contribution in [2.75, 3.05) is 26.2 Å². The number of carbonyl (C=O) groups excluding carboxylic acids is 1. The maximum absolute atomic E-state index is 13.0. The maximum Gasteiger partial charge on any atom is 0.347 e. The number of aliphatic hydroxyl groups is 2. The van der Waals surface area contributed by atoms with E-state index >= 15 is 0 Å². The van der Waals surface area contributed by atoms with Gasteiger partial charge in [0.05, 0.1) is 28.3 Å². The van der Waals surface area contributed by atoms with Gasteiger partial charge in [0.15, 0.2) is 0 Å². The summed E-state index contributed by atoms with van der Waals surface area (Å²) in [7, 11) is 0. The number of aliphatic hydroxyl groups excluding tert-OH is 2. The number of hydrazone groups is 1. The van der Waals surface area contributed by atoms with Gasteiger partial charge >= 0.3 is 5.97 Å². The fourth-order valence-electron chi connectivity index (χ4n) is 4.12. The standard InChI is InChI=1S/C24H30Cl2N6O6/c25-17-11-14-12-32(8-5-18(35)13-2-1-3-15(34)10-13)7-4-16(14)20(26)19(17)22(36)29-21(23(37)38)30-24(31-27)28-6-9-33/h1-3,10-11,18,21,33-35H,4-9,12,27H2,(H,29,36)(H,37,38)(H2,28,30,31). The van der Waals surface area contributed by atoms with E-state index in [0.29, 0.717) is 38.0 Å². The Bertz CT molecular complexity index is 1200. The van der Waals surface area contributed by atoms with Crippen LogP contribution in [0.1, 0.15) is 39.6 Å². The van der Waals surface area contributed by atoms with Gasteiger partial charge in [0.2, 0.25) is 12.1 Å². The molecule has 1 amide bonds. The Morgan fingerprint density at radius 1 is 1.21 bits per heavy atom. The second-order valence-electron chi connectivity index (χ2n) is 8.63. The van der Waals surface area contributed by atoms with Crippen molar-refractivity contribution in [1.82, 2.24) is 20.9 Å². The number of nitrogens with zero attached hydrogens (tertiary/aromatic N) is 2. The Balaban J connectivity index is 1.69. The summed E-state index contributed by atoms with van der Waals surface area (Å²) in [6.45, 7) is 1.50. The van der Waals surface area contributed by atoms with E-state index in [0.717, 1.165) is 11.1 Å². The number of amides is 1. The summed E-state index contributed by atoms with van der Waals surface area (Å²) in [5.74, 6) is 2.94. The highest BCUT2D eigenvalue weighted by atomic mass is 35.5. The average molecular weight is 569 g/mol. The number of aliphatic carboxylic acids is 1. The molecule has 9 N–H and O–H groups in total. The number of carbonyl (C=O) groups is 2. The lowest BCUT2D eigenvalue weighted by atomic mass is 9.96. The Labute approximate surface area is 229 Å². The van der Waals surface area contributed by atoms with Crippen molar-refractivity contribution in [2.24, 2.45) is 10.9 Å². The number of carboxylic acids is 1. The monoisotopic (exact) mass is 568 g/mol. The van der Waals surface area contributed by atoms with Crippen LogP contribution in [0.2, 0.25) is 10.0 Å². The molecule has 0 bridgehead atoms. The molecule has 14 heteroatoms. The summed E-state index contributed by atoms with van der Waals surface area (Å²) < 4.78 is 0. The van der Waals surface area contributed by atoms with Gasteiger partial charge in [0.1, 0.15) is 5.75 Å². The fraction of sp³-hybridized carbons (Fsp3) is 0.375. The third-order valence-electron chi connectivity index (χ3n) is 6.02. The SMILES string of the molecule is N/N=C(\NCCO)NC(NC(=O)c1c(Cl)cc2c(c1Cl)CCN(CCC(O)c1cccc(O)c1)C2)C(=O)O. The van der Waals surface area contributed by atoms with Crippen LogP contribution in [0.25, 0.3) is 0 Å². The zero-order valence-electron chi connectivity index (χ0n) is 20.3. The van der Waals surface area contributed by atoms with Crippen molar-refractivity contribution < 1.29 is 30.0 Å². The molecule has 12 nitrogen and oxygen atoms in total. The van der Waals surface area contributed by atoms with Gasteiger partial charge in [0.25, 0.3) is 5.91 Å². The van der Waals surface area contributed by atoms with Gasteiger partial charge < -0.3 is 42.2 Å². The quantitative estimate of drug-likeness (QED) is 0.0665. The number of aromatic hydroxyl groups is 1. The van der Waals surface area contributed by atoms with Gasteiger partial charge in [-0.3, -0.25) is 9.69 Å². The first kappa shape index (κ1) is 29.3. The van der Waals surface area contributed by atoms with E-state index in [1.54, 1.807) is 24.3 Å². The second-order valence-corrected chi connectivity index (χ2v) is 9.41. The fourth-order valence-corrected chi connectivity index (χ4v) is 4.88. The van der Waals surface area contributed by atoms with Crippen molar-refractivity contribution >= 4 is 41.0 Å². The van der Waals surface area contributed by atoms with Crippen molar-refractivity contribution in [1.29, 1.82) is 0 Å². The first-order valence-corrected chi connectivity index (χ1v) is 12.5. The number of phenolic OH excluding ortho intramolecular Hbond substituents is 1. The lowest BCUT2D eigenvalue weighted by Gasteiger charge is -2.31. The molecule has 0 aromatic heterocycles. The van der Waals surface area contributed by atoms with Crippen LogP contribution >= 0.6 is 23.2 Å². The number of halogens is 2. The molecule has 206 valence electrons. The minimum atomic E-state index is -1.62. The van der Waals surface area contributed by atoms with Crippen molar-refractivity contribution in [3.05, 3.63) is 62.6 Å². The van der Waals surface area contributed by atoms with Crippen molar-refractivity contribution in [3.63, 3.8) is 0 Å². The molecule has 2 atom stereocenters. The molecule has 0 radical (unpaired) electrons. The largest absolute Gasteiger partial charge is 0.508 e. The number of guanidine groups is 1. The van der Waals surface area contributed by atoms with Crippen LogP contribution in [0, 0.1) is 0 Å². The molecule has 0 fully saturated rings. The predicted molar refractivity (Wildman–Crippen MR) is 142 cm³/mol. The predicted octanol–water partition coefficient (Wildman–Crippen LogP) is 0.723. The molecule has 3 rings (SSSR count). The van der Waals surface area contributed by atoms with Gasteiger partial charge in [-0.1, -0.05) is 35.3 Å². The molecule has 0 aliphatic carbocycles. The van der Waals surface area contributed by atoms with E-state index in [-0.39, 0.29) is 40.5 Å². The van der Waals surface area contributed by atoms with Crippen molar-refractivity contribution in [3.8, 4) is 5.75 Å². The summed E-state index contributed by atoms with van der Waals surface area (Å²) in [4.78, 5) is 26.8. The Morgan fingerprint density at radius 2 is 1.97 bits per heavy atom. The van der Waals surface area contributed by atoms with Crippen molar-refractivity contribution in [2.45, 2.75) is 31.7 Å². The number of nitrogens with two attached hydrogens (primary N) is 1. The van der Waals surface area contributed by atoms with Gasteiger partial charge in [-0.05, 0) is 47.7 Å². The molecular weight excluding hydrogens is 539 g/mol. The lowest BCUT2D eigenvalue weighted by molar-refractivity contribution is -0.139. The molecule has 0 saturated heterocycles. The molecule has 0 saturated carbocycles. The lowest BCUT2D eigenvalue weighted by Crippen LogP contribution is -2.56.